The molecule has 0 saturated carbocycles. The van der Waals surface area contributed by atoms with E-state index in [4.69, 9.17) is 27.9 Å². The molecule has 0 aliphatic carbocycles. The molecule has 1 aromatic carbocycles. The number of halogens is 3. The highest BCUT2D eigenvalue weighted by Crippen LogP contribution is 2.30. The number of hydrogen-bond acceptors (Lipinski definition) is 5. The molecule has 2 aliphatic rings. The van der Waals surface area contributed by atoms with Crippen molar-refractivity contribution in [2.24, 2.45) is 0 Å². The SMILES string of the molecule is CC1CN[C@@H](C)CN1CCCN(C(=O)Nc1cc(Cl)nc(Cl)c1)C1COc2ccc(Br)cc2C1. The number of pyridine rings is 1. The second-order valence-electron chi connectivity index (χ2n) is 9.05. The smallest absolute Gasteiger partial charge is 0.322 e. The van der Waals surface area contributed by atoms with Crippen molar-refractivity contribution < 1.29 is 9.53 Å². The van der Waals surface area contributed by atoms with E-state index in [-0.39, 0.29) is 22.4 Å². The molecule has 4 rings (SSSR count). The maximum atomic E-state index is 13.4. The summed E-state index contributed by atoms with van der Waals surface area (Å²) in [6.45, 7) is 8.43. The number of ether oxygens (including phenoxy) is 1. The first-order valence-electron chi connectivity index (χ1n) is 11.6. The largest absolute Gasteiger partial charge is 0.491 e. The van der Waals surface area contributed by atoms with E-state index in [9.17, 15) is 4.79 Å². The lowest BCUT2D eigenvalue weighted by molar-refractivity contribution is 0.118. The normalized spacial score (nSPS) is 22.6. The number of aromatic nitrogens is 1. The first-order chi connectivity index (χ1) is 16.3. The molecule has 10 heteroatoms. The third-order valence-electron chi connectivity index (χ3n) is 6.36. The third-order valence-corrected chi connectivity index (χ3v) is 7.24. The Morgan fingerprint density at radius 2 is 2.06 bits per heavy atom. The number of piperazine rings is 1. The molecule has 1 aromatic heterocycles. The maximum Gasteiger partial charge on any atom is 0.322 e. The van der Waals surface area contributed by atoms with Crippen molar-refractivity contribution in [2.75, 3.05) is 38.1 Å². The minimum absolute atomic E-state index is 0.0889. The fourth-order valence-corrected chi connectivity index (χ4v) is 5.45. The van der Waals surface area contributed by atoms with Gasteiger partial charge in [0, 0.05) is 48.4 Å². The van der Waals surface area contributed by atoms with Crippen LogP contribution in [0.4, 0.5) is 10.5 Å². The van der Waals surface area contributed by atoms with Crippen LogP contribution in [0.3, 0.4) is 0 Å². The van der Waals surface area contributed by atoms with Gasteiger partial charge in [0.2, 0.25) is 0 Å². The second kappa shape index (κ2) is 11.4. The van der Waals surface area contributed by atoms with Gasteiger partial charge in [0.1, 0.15) is 22.7 Å². The average molecular weight is 571 g/mol. The molecular formula is C24H30BrCl2N5O2. The van der Waals surface area contributed by atoms with Gasteiger partial charge in [-0.3, -0.25) is 4.90 Å². The van der Waals surface area contributed by atoms with Gasteiger partial charge in [-0.05, 0) is 62.6 Å². The van der Waals surface area contributed by atoms with Crippen LogP contribution in [-0.4, -0.2) is 71.7 Å². The summed E-state index contributed by atoms with van der Waals surface area (Å²) in [5.41, 5.74) is 1.60. The van der Waals surface area contributed by atoms with Crippen molar-refractivity contribution in [3.05, 3.63) is 50.7 Å². The van der Waals surface area contributed by atoms with Crippen molar-refractivity contribution in [1.82, 2.24) is 20.1 Å². The zero-order chi connectivity index (χ0) is 24.2. The lowest BCUT2D eigenvalue weighted by Crippen LogP contribution is -2.55. The number of carbonyl (C=O) groups excluding carboxylic acids is 1. The first-order valence-corrected chi connectivity index (χ1v) is 13.1. The summed E-state index contributed by atoms with van der Waals surface area (Å²) < 4.78 is 7.02. The Bertz CT molecular complexity index is 1010. The maximum absolute atomic E-state index is 13.4. The fraction of sp³-hybridized carbons (Fsp3) is 0.500. The van der Waals surface area contributed by atoms with Gasteiger partial charge in [-0.1, -0.05) is 39.1 Å². The minimum Gasteiger partial charge on any atom is -0.491 e. The molecule has 184 valence electrons. The van der Waals surface area contributed by atoms with Crippen LogP contribution < -0.4 is 15.4 Å². The predicted molar refractivity (Wildman–Crippen MR) is 140 cm³/mol. The highest BCUT2D eigenvalue weighted by atomic mass is 79.9. The molecule has 1 fully saturated rings. The van der Waals surface area contributed by atoms with Gasteiger partial charge in [0.15, 0.2) is 0 Å². The number of nitrogens with zero attached hydrogens (tertiary/aromatic N) is 3. The first kappa shape index (κ1) is 25.5. The highest BCUT2D eigenvalue weighted by Gasteiger charge is 2.30. The molecule has 0 spiro atoms. The molecule has 2 unspecified atom stereocenters. The second-order valence-corrected chi connectivity index (χ2v) is 10.7. The standard InChI is InChI=1S/C24H30BrCl2N5O2/c1-15-13-31(16(2)12-28-15)6-3-7-32(24(33)29-19-10-22(26)30-23(27)11-19)20-9-17-8-18(25)4-5-21(17)34-14-20/h4-5,8,10-11,15-16,20,28H,3,6-7,9,12-14H2,1-2H3,(H,29,30,33)/t15-,16?,20?/m0/s1. The molecule has 34 heavy (non-hydrogen) atoms. The van der Waals surface area contributed by atoms with Gasteiger partial charge < -0.3 is 20.3 Å². The summed E-state index contributed by atoms with van der Waals surface area (Å²) in [4.78, 5) is 21.8. The lowest BCUT2D eigenvalue weighted by atomic mass is 10.0. The van der Waals surface area contributed by atoms with Crippen molar-refractivity contribution in [3.63, 3.8) is 0 Å². The van der Waals surface area contributed by atoms with Gasteiger partial charge in [-0.25, -0.2) is 9.78 Å². The molecule has 0 bridgehead atoms. The van der Waals surface area contributed by atoms with Gasteiger partial charge >= 0.3 is 6.03 Å². The molecule has 0 radical (unpaired) electrons. The van der Waals surface area contributed by atoms with E-state index in [0.717, 1.165) is 48.3 Å². The van der Waals surface area contributed by atoms with Gasteiger partial charge in [0.25, 0.3) is 0 Å². The summed E-state index contributed by atoms with van der Waals surface area (Å²) >= 11 is 15.6. The predicted octanol–water partition coefficient (Wildman–Crippen LogP) is 5.06. The van der Waals surface area contributed by atoms with Crippen molar-refractivity contribution in [3.8, 4) is 5.75 Å². The number of benzene rings is 1. The molecule has 1 saturated heterocycles. The topological polar surface area (TPSA) is 69.7 Å². The van der Waals surface area contributed by atoms with Crippen LogP contribution in [0.1, 0.15) is 25.8 Å². The van der Waals surface area contributed by atoms with Crippen LogP contribution in [0.2, 0.25) is 10.3 Å². The molecular weight excluding hydrogens is 541 g/mol. The van der Waals surface area contributed by atoms with Gasteiger partial charge in [-0.2, -0.15) is 0 Å². The Hall–Kier alpha value is -1.58. The Morgan fingerprint density at radius 1 is 1.29 bits per heavy atom. The number of hydrogen-bond donors (Lipinski definition) is 2. The molecule has 3 heterocycles. The summed E-state index contributed by atoms with van der Waals surface area (Å²) in [6.07, 6.45) is 1.59. The van der Waals surface area contributed by atoms with Crippen molar-refractivity contribution in [2.45, 2.75) is 44.8 Å². The number of nitrogens with one attached hydrogen (secondary N) is 2. The monoisotopic (exact) mass is 569 g/mol. The average Bonchev–Trinajstić information content (AvgIpc) is 2.77. The van der Waals surface area contributed by atoms with Crippen molar-refractivity contribution in [1.29, 1.82) is 0 Å². The summed E-state index contributed by atoms with van der Waals surface area (Å²) in [7, 11) is 0. The number of fused-ring (bicyclic) bond motifs is 1. The summed E-state index contributed by atoms with van der Waals surface area (Å²) in [5.74, 6) is 0.871. The van der Waals surface area contributed by atoms with Gasteiger partial charge in [-0.15, -0.1) is 0 Å². The minimum atomic E-state index is -0.202. The van der Waals surface area contributed by atoms with E-state index in [1.54, 1.807) is 12.1 Å². The van der Waals surface area contributed by atoms with Crippen LogP contribution in [0.25, 0.3) is 0 Å². The number of rotatable bonds is 6. The third kappa shape index (κ3) is 6.55. The summed E-state index contributed by atoms with van der Waals surface area (Å²) in [5, 5.41) is 6.93. The summed E-state index contributed by atoms with van der Waals surface area (Å²) in [6, 6.07) is 9.84. The zero-order valence-corrected chi connectivity index (χ0v) is 22.5. The quantitative estimate of drug-likeness (QED) is 0.475. The van der Waals surface area contributed by atoms with Crippen LogP contribution in [0, 0.1) is 0 Å². The van der Waals surface area contributed by atoms with E-state index < -0.39 is 0 Å². The Labute approximate surface area is 219 Å². The van der Waals surface area contributed by atoms with E-state index in [1.807, 2.05) is 17.0 Å². The van der Waals surface area contributed by atoms with E-state index in [0.29, 0.717) is 30.9 Å². The number of urea groups is 1. The Morgan fingerprint density at radius 3 is 2.82 bits per heavy atom. The Balaban J connectivity index is 1.47. The number of amides is 2. The molecule has 2 amide bonds. The van der Waals surface area contributed by atoms with Crippen LogP contribution >= 0.6 is 39.1 Å². The highest BCUT2D eigenvalue weighted by molar-refractivity contribution is 9.10. The van der Waals surface area contributed by atoms with Crippen LogP contribution in [0.5, 0.6) is 5.75 Å². The van der Waals surface area contributed by atoms with E-state index in [1.165, 1.54) is 0 Å². The number of carbonyl (C=O) groups is 1. The number of anilines is 1. The molecule has 2 aromatic rings. The van der Waals surface area contributed by atoms with E-state index >= 15 is 0 Å². The van der Waals surface area contributed by atoms with E-state index in [2.05, 4.69) is 56.4 Å². The van der Waals surface area contributed by atoms with Crippen molar-refractivity contribution >= 4 is 50.9 Å². The van der Waals surface area contributed by atoms with Gasteiger partial charge in [0.05, 0.1) is 6.04 Å². The molecule has 3 atom stereocenters. The Kier molecular flexibility index (Phi) is 8.58. The zero-order valence-electron chi connectivity index (χ0n) is 19.4. The van der Waals surface area contributed by atoms with Crippen LogP contribution in [-0.2, 0) is 6.42 Å². The molecule has 2 aliphatic heterocycles. The lowest BCUT2D eigenvalue weighted by Gasteiger charge is -2.39. The van der Waals surface area contributed by atoms with Crippen LogP contribution in [0.15, 0.2) is 34.8 Å². The molecule has 7 nitrogen and oxygen atoms in total. The molecule has 2 N–H and O–H groups in total. The fourth-order valence-electron chi connectivity index (χ4n) is 4.58.